The molecule has 1 aromatic carbocycles. The summed E-state index contributed by atoms with van der Waals surface area (Å²) in [5.41, 5.74) is 3.02. The minimum atomic E-state index is 0.136. The third kappa shape index (κ3) is 0.944. The van der Waals surface area contributed by atoms with Gasteiger partial charge in [-0.25, -0.2) is 4.98 Å². The van der Waals surface area contributed by atoms with Crippen molar-refractivity contribution in [1.29, 1.82) is 0 Å². The maximum Gasteiger partial charge on any atom is 0.243 e. The van der Waals surface area contributed by atoms with E-state index in [1.165, 1.54) is 17.3 Å². The molecule has 0 saturated heterocycles. The first-order valence-electron chi connectivity index (χ1n) is 4.41. The normalized spacial score (nSPS) is 15.1. The fraction of sp³-hybridized carbons (Fsp3) is 0.200. The second-order valence-electron chi connectivity index (χ2n) is 3.40. The van der Waals surface area contributed by atoms with E-state index in [-0.39, 0.29) is 5.91 Å². The number of aromatic nitrogens is 2. The van der Waals surface area contributed by atoms with Gasteiger partial charge in [-0.05, 0) is 24.6 Å². The van der Waals surface area contributed by atoms with Gasteiger partial charge in [0.15, 0.2) is 5.16 Å². The van der Waals surface area contributed by atoms with Crippen molar-refractivity contribution in [2.75, 3.05) is 5.75 Å². The highest BCUT2D eigenvalue weighted by atomic mass is 32.2. The molecule has 0 N–H and O–H groups in total. The number of benzene rings is 1. The highest BCUT2D eigenvalue weighted by molar-refractivity contribution is 8.00. The number of carbonyl (C=O) groups is 1. The van der Waals surface area contributed by atoms with E-state index in [1.807, 2.05) is 25.1 Å². The van der Waals surface area contributed by atoms with E-state index in [4.69, 9.17) is 0 Å². The van der Waals surface area contributed by atoms with Crippen LogP contribution >= 0.6 is 11.8 Å². The van der Waals surface area contributed by atoms with Gasteiger partial charge < -0.3 is 0 Å². The number of nitrogens with zero attached hydrogens (tertiary/aromatic N) is 2. The Hall–Kier alpha value is -1.29. The Morgan fingerprint density at radius 1 is 1.50 bits per heavy atom. The first kappa shape index (κ1) is 8.05. The van der Waals surface area contributed by atoms with Crippen LogP contribution in [0, 0.1) is 6.92 Å². The Bertz CT molecular complexity index is 544. The molecule has 4 heteroatoms. The Kier molecular flexibility index (Phi) is 1.50. The zero-order valence-corrected chi connectivity index (χ0v) is 8.47. The van der Waals surface area contributed by atoms with Crippen molar-refractivity contribution < 1.29 is 4.79 Å². The molecule has 14 heavy (non-hydrogen) atoms. The van der Waals surface area contributed by atoms with E-state index in [1.54, 1.807) is 4.57 Å². The van der Waals surface area contributed by atoms with Gasteiger partial charge in [-0.2, -0.15) is 0 Å². The number of hydrogen-bond acceptors (Lipinski definition) is 3. The van der Waals surface area contributed by atoms with Crippen LogP contribution < -0.4 is 0 Å². The fourth-order valence-electron chi connectivity index (χ4n) is 1.70. The van der Waals surface area contributed by atoms with Crippen LogP contribution in [0.3, 0.4) is 0 Å². The summed E-state index contributed by atoms with van der Waals surface area (Å²) in [4.78, 5) is 15.9. The van der Waals surface area contributed by atoms with Crippen LogP contribution in [-0.2, 0) is 0 Å². The quantitative estimate of drug-likeness (QED) is 0.659. The molecule has 1 aromatic heterocycles. The smallest absolute Gasteiger partial charge is 0.243 e. The number of carbonyl (C=O) groups excluding carboxylic acids is 1. The molecule has 2 aromatic rings. The summed E-state index contributed by atoms with van der Waals surface area (Å²) < 4.78 is 1.71. The molecule has 3 nitrogen and oxygen atoms in total. The van der Waals surface area contributed by atoms with Gasteiger partial charge in [0, 0.05) is 0 Å². The van der Waals surface area contributed by atoms with Crippen molar-refractivity contribution in [2.24, 2.45) is 0 Å². The van der Waals surface area contributed by atoms with E-state index in [0.717, 1.165) is 16.2 Å². The zero-order chi connectivity index (χ0) is 9.71. The molecule has 0 unspecified atom stereocenters. The number of rotatable bonds is 0. The molecule has 2 heterocycles. The van der Waals surface area contributed by atoms with Crippen LogP contribution in [0.2, 0.25) is 0 Å². The first-order valence-corrected chi connectivity index (χ1v) is 5.39. The summed E-state index contributed by atoms with van der Waals surface area (Å²) in [7, 11) is 0. The lowest BCUT2D eigenvalue weighted by molar-refractivity contribution is 0.0944. The van der Waals surface area contributed by atoms with Gasteiger partial charge >= 0.3 is 0 Å². The molecule has 0 amide bonds. The molecule has 1 aliphatic rings. The highest BCUT2D eigenvalue weighted by Crippen LogP contribution is 2.29. The van der Waals surface area contributed by atoms with Crippen LogP contribution in [0.4, 0.5) is 0 Å². The summed E-state index contributed by atoms with van der Waals surface area (Å²) in [5, 5.41) is 0.829. The summed E-state index contributed by atoms with van der Waals surface area (Å²) >= 11 is 1.51. The van der Waals surface area contributed by atoms with E-state index in [9.17, 15) is 4.79 Å². The van der Waals surface area contributed by atoms with Crippen molar-refractivity contribution in [3.63, 3.8) is 0 Å². The average molecular weight is 204 g/mol. The summed E-state index contributed by atoms with van der Waals surface area (Å²) in [6.07, 6.45) is 0. The lowest BCUT2D eigenvalue weighted by Crippen LogP contribution is -2.05. The third-order valence-electron chi connectivity index (χ3n) is 2.35. The number of fused-ring (bicyclic) bond motifs is 3. The second-order valence-corrected chi connectivity index (χ2v) is 4.35. The molecule has 0 spiro atoms. The Morgan fingerprint density at radius 2 is 2.36 bits per heavy atom. The van der Waals surface area contributed by atoms with E-state index in [0.29, 0.717) is 5.75 Å². The van der Waals surface area contributed by atoms with Crippen molar-refractivity contribution in [3.8, 4) is 0 Å². The van der Waals surface area contributed by atoms with Crippen LogP contribution in [0.15, 0.2) is 23.4 Å². The van der Waals surface area contributed by atoms with Crippen molar-refractivity contribution in [1.82, 2.24) is 9.55 Å². The van der Waals surface area contributed by atoms with Crippen LogP contribution in [-0.4, -0.2) is 21.2 Å². The lowest BCUT2D eigenvalue weighted by atomic mass is 10.2. The second kappa shape index (κ2) is 2.60. The average Bonchev–Trinajstić information content (AvgIpc) is 2.66. The molecule has 1 aliphatic heterocycles. The molecule has 0 bridgehead atoms. The highest BCUT2D eigenvalue weighted by Gasteiger charge is 2.23. The molecule has 0 atom stereocenters. The van der Waals surface area contributed by atoms with Crippen molar-refractivity contribution in [2.45, 2.75) is 12.1 Å². The largest absolute Gasteiger partial charge is 0.273 e. The van der Waals surface area contributed by atoms with Gasteiger partial charge in [-0.3, -0.25) is 9.36 Å². The van der Waals surface area contributed by atoms with Crippen LogP contribution in [0.5, 0.6) is 0 Å². The van der Waals surface area contributed by atoms with E-state index in [2.05, 4.69) is 4.98 Å². The molecule has 0 aliphatic carbocycles. The topological polar surface area (TPSA) is 34.9 Å². The Morgan fingerprint density at radius 3 is 3.21 bits per heavy atom. The van der Waals surface area contributed by atoms with Crippen molar-refractivity contribution in [3.05, 3.63) is 23.8 Å². The van der Waals surface area contributed by atoms with Gasteiger partial charge in [0.25, 0.3) is 0 Å². The van der Waals surface area contributed by atoms with Gasteiger partial charge in [0.2, 0.25) is 5.91 Å². The van der Waals surface area contributed by atoms with Crippen LogP contribution in [0.25, 0.3) is 11.0 Å². The zero-order valence-electron chi connectivity index (χ0n) is 7.65. The number of imidazole rings is 1. The molecule has 0 saturated carbocycles. The standard InChI is InChI=1S/C10H8N2OS/c1-6-2-3-8-7(4-6)11-10-12(8)9(13)5-14-10/h2-4H,5H2,1H3. The maximum absolute atomic E-state index is 11.5. The monoisotopic (exact) mass is 204 g/mol. The van der Waals surface area contributed by atoms with Crippen LogP contribution in [0.1, 0.15) is 10.4 Å². The summed E-state index contributed by atoms with van der Waals surface area (Å²) in [6.45, 7) is 2.03. The predicted molar refractivity (Wildman–Crippen MR) is 55.8 cm³/mol. The molecule has 0 fully saturated rings. The van der Waals surface area contributed by atoms with E-state index < -0.39 is 0 Å². The fourth-order valence-corrected chi connectivity index (χ4v) is 2.57. The number of hydrogen-bond donors (Lipinski definition) is 0. The molecular weight excluding hydrogens is 196 g/mol. The van der Waals surface area contributed by atoms with Gasteiger partial charge in [-0.1, -0.05) is 17.8 Å². The predicted octanol–water partition coefficient (Wildman–Crippen LogP) is 2.09. The molecule has 70 valence electrons. The Balaban J connectivity index is 2.41. The third-order valence-corrected chi connectivity index (χ3v) is 3.28. The molecular formula is C10H8N2OS. The van der Waals surface area contributed by atoms with E-state index >= 15 is 0 Å². The van der Waals surface area contributed by atoms with Gasteiger partial charge in [-0.15, -0.1) is 0 Å². The Labute approximate surface area is 85.1 Å². The SMILES string of the molecule is Cc1ccc2c(c1)nc1n2C(=O)CS1. The number of aryl methyl sites for hydroxylation is 1. The minimum Gasteiger partial charge on any atom is -0.273 e. The molecule has 3 rings (SSSR count). The summed E-state index contributed by atoms with van der Waals surface area (Å²) in [6, 6.07) is 5.98. The number of thioether (sulfide) groups is 1. The lowest BCUT2D eigenvalue weighted by Gasteiger charge is -1.96. The summed E-state index contributed by atoms with van der Waals surface area (Å²) in [5.74, 6) is 0.656. The van der Waals surface area contributed by atoms with Gasteiger partial charge in [0.05, 0.1) is 16.8 Å². The van der Waals surface area contributed by atoms with Crippen molar-refractivity contribution >= 4 is 28.7 Å². The minimum absolute atomic E-state index is 0.136. The molecule has 0 radical (unpaired) electrons. The first-order chi connectivity index (χ1) is 6.75. The maximum atomic E-state index is 11.5. The van der Waals surface area contributed by atoms with Gasteiger partial charge in [0.1, 0.15) is 0 Å².